The molecule has 0 spiro atoms. The molecular weight excluding hydrogens is 300 g/mol. The maximum atomic E-state index is 5.56. The summed E-state index contributed by atoms with van der Waals surface area (Å²) in [5, 5.41) is 12.7. The van der Waals surface area contributed by atoms with E-state index in [1.807, 2.05) is 0 Å². The Morgan fingerprint density at radius 2 is 1.38 bits per heavy atom. The van der Waals surface area contributed by atoms with Crippen LogP contribution in [0.2, 0.25) is 0 Å². The molecule has 3 aliphatic rings. The van der Waals surface area contributed by atoms with Crippen molar-refractivity contribution in [2.24, 2.45) is 0 Å². The monoisotopic (exact) mass is 326 g/mol. The van der Waals surface area contributed by atoms with E-state index in [4.69, 9.17) is 24.4 Å². The highest BCUT2D eigenvalue weighted by molar-refractivity contribution is 7.81. The first-order valence-electron chi connectivity index (χ1n) is 8.40. The number of thiocarbonyl (C=S) groups is 2. The van der Waals surface area contributed by atoms with Gasteiger partial charge in [0, 0.05) is 12.1 Å². The SMILES string of the molecule is S=C1NCN(N(C2CCCCC2)C2CCCCC2)C(=S)N1. The number of hydrazine groups is 1. The summed E-state index contributed by atoms with van der Waals surface area (Å²) >= 11 is 10.7. The number of hydrogen-bond donors (Lipinski definition) is 2. The van der Waals surface area contributed by atoms with E-state index in [2.05, 4.69) is 20.7 Å². The topological polar surface area (TPSA) is 30.5 Å². The Hall–Kier alpha value is -0.460. The molecule has 118 valence electrons. The summed E-state index contributed by atoms with van der Waals surface area (Å²) in [6, 6.07) is 1.30. The lowest BCUT2D eigenvalue weighted by molar-refractivity contribution is -0.0678. The molecule has 1 heterocycles. The highest BCUT2D eigenvalue weighted by Gasteiger charge is 2.35. The second-order valence-corrected chi connectivity index (χ2v) is 7.25. The highest BCUT2D eigenvalue weighted by Crippen LogP contribution is 2.31. The van der Waals surface area contributed by atoms with Crippen LogP contribution in [0.25, 0.3) is 0 Å². The summed E-state index contributed by atoms with van der Waals surface area (Å²) < 4.78 is 0. The maximum absolute atomic E-state index is 5.56. The van der Waals surface area contributed by atoms with Gasteiger partial charge in [-0.3, -0.25) is 5.01 Å². The average molecular weight is 327 g/mol. The molecule has 0 unspecified atom stereocenters. The Morgan fingerprint density at radius 1 is 0.857 bits per heavy atom. The van der Waals surface area contributed by atoms with Crippen molar-refractivity contribution >= 4 is 34.7 Å². The lowest BCUT2D eigenvalue weighted by Gasteiger charge is -2.49. The van der Waals surface area contributed by atoms with Crippen molar-refractivity contribution in [2.45, 2.75) is 76.3 Å². The second-order valence-electron chi connectivity index (χ2n) is 6.46. The summed E-state index contributed by atoms with van der Waals surface area (Å²) in [4.78, 5) is 0. The van der Waals surface area contributed by atoms with Crippen molar-refractivity contribution in [1.82, 2.24) is 20.7 Å². The molecule has 2 saturated carbocycles. The molecule has 1 aliphatic heterocycles. The van der Waals surface area contributed by atoms with Crippen LogP contribution in [0.5, 0.6) is 0 Å². The minimum absolute atomic E-state index is 0.648. The maximum Gasteiger partial charge on any atom is 0.191 e. The van der Waals surface area contributed by atoms with Crippen LogP contribution in [0.3, 0.4) is 0 Å². The van der Waals surface area contributed by atoms with Gasteiger partial charge in [-0.1, -0.05) is 38.5 Å². The molecule has 3 rings (SSSR count). The number of rotatable bonds is 3. The van der Waals surface area contributed by atoms with Crippen LogP contribution in [0.1, 0.15) is 64.2 Å². The summed E-state index contributed by atoms with van der Waals surface area (Å²) in [5.41, 5.74) is 0. The van der Waals surface area contributed by atoms with E-state index in [1.54, 1.807) is 0 Å². The normalized spacial score (nSPS) is 25.9. The van der Waals surface area contributed by atoms with Gasteiger partial charge in [-0.2, -0.15) is 0 Å². The lowest BCUT2D eigenvalue weighted by Crippen LogP contribution is -2.66. The van der Waals surface area contributed by atoms with Crippen molar-refractivity contribution in [3.63, 3.8) is 0 Å². The molecule has 21 heavy (non-hydrogen) atoms. The summed E-state index contributed by atoms with van der Waals surface area (Å²) in [7, 11) is 0. The van der Waals surface area contributed by atoms with Gasteiger partial charge < -0.3 is 10.6 Å². The van der Waals surface area contributed by atoms with Crippen molar-refractivity contribution in [1.29, 1.82) is 0 Å². The lowest BCUT2D eigenvalue weighted by atomic mass is 9.90. The summed E-state index contributed by atoms with van der Waals surface area (Å²) in [5.74, 6) is 0. The van der Waals surface area contributed by atoms with E-state index >= 15 is 0 Å². The highest BCUT2D eigenvalue weighted by atomic mass is 32.1. The molecule has 2 N–H and O–H groups in total. The Balaban J connectivity index is 1.76. The Kier molecular flexibility index (Phi) is 5.29. The molecule has 1 saturated heterocycles. The van der Waals surface area contributed by atoms with Crippen molar-refractivity contribution < 1.29 is 0 Å². The van der Waals surface area contributed by atoms with E-state index in [-0.39, 0.29) is 0 Å². The fraction of sp³-hybridized carbons (Fsp3) is 0.867. The zero-order valence-electron chi connectivity index (χ0n) is 12.6. The van der Waals surface area contributed by atoms with Gasteiger partial charge in [0.1, 0.15) is 6.67 Å². The summed E-state index contributed by atoms with van der Waals surface area (Å²) in [6.45, 7) is 0.720. The number of nitrogens with zero attached hydrogens (tertiary/aromatic N) is 2. The van der Waals surface area contributed by atoms with Gasteiger partial charge in [0.05, 0.1) is 0 Å². The van der Waals surface area contributed by atoms with Crippen LogP contribution in [0.15, 0.2) is 0 Å². The molecule has 0 aromatic carbocycles. The number of nitrogens with one attached hydrogen (secondary N) is 2. The second kappa shape index (κ2) is 7.20. The quantitative estimate of drug-likeness (QED) is 0.776. The van der Waals surface area contributed by atoms with Crippen LogP contribution >= 0.6 is 24.4 Å². The first-order chi connectivity index (χ1) is 10.3. The van der Waals surface area contributed by atoms with Crippen LogP contribution in [-0.2, 0) is 0 Å². The third-order valence-electron chi connectivity index (χ3n) is 5.02. The first kappa shape index (κ1) is 15.4. The van der Waals surface area contributed by atoms with Crippen LogP contribution in [0, 0.1) is 0 Å². The van der Waals surface area contributed by atoms with E-state index in [1.165, 1.54) is 64.2 Å². The molecule has 0 atom stereocenters. The van der Waals surface area contributed by atoms with Gasteiger partial charge >= 0.3 is 0 Å². The minimum atomic E-state index is 0.648. The average Bonchev–Trinajstić information content (AvgIpc) is 2.52. The van der Waals surface area contributed by atoms with Gasteiger partial charge in [0.15, 0.2) is 10.2 Å². The predicted octanol–water partition coefficient (Wildman–Crippen LogP) is 2.89. The Labute approximate surface area is 138 Å². The first-order valence-corrected chi connectivity index (χ1v) is 9.22. The smallest absolute Gasteiger partial charge is 0.191 e. The van der Waals surface area contributed by atoms with Crippen LogP contribution in [0.4, 0.5) is 0 Å². The largest absolute Gasteiger partial charge is 0.344 e. The third kappa shape index (κ3) is 3.66. The predicted molar refractivity (Wildman–Crippen MR) is 93.8 cm³/mol. The third-order valence-corrected chi connectivity index (χ3v) is 5.58. The van der Waals surface area contributed by atoms with E-state index in [0.717, 1.165) is 11.8 Å². The Bertz CT molecular complexity index is 371. The molecule has 4 nitrogen and oxygen atoms in total. The fourth-order valence-electron chi connectivity index (χ4n) is 3.99. The molecule has 0 aromatic heterocycles. The molecule has 0 bridgehead atoms. The van der Waals surface area contributed by atoms with Gasteiger partial charge in [-0.25, -0.2) is 5.01 Å². The molecule has 3 fully saturated rings. The van der Waals surface area contributed by atoms with Crippen molar-refractivity contribution in [3.8, 4) is 0 Å². The molecule has 6 heteroatoms. The standard InChI is InChI=1S/C15H26N4S2/c20-14-16-11-18(15(21)17-14)19(12-7-3-1-4-8-12)13-9-5-2-6-10-13/h12-13H,1-11H2,(H2,16,17,20,21). The van der Waals surface area contributed by atoms with E-state index < -0.39 is 0 Å². The van der Waals surface area contributed by atoms with Gasteiger partial charge in [-0.05, 0) is 50.1 Å². The van der Waals surface area contributed by atoms with Crippen molar-refractivity contribution in [3.05, 3.63) is 0 Å². The van der Waals surface area contributed by atoms with Gasteiger partial charge in [0.25, 0.3) is 0 Å². The van der Waals surface area contributed by atoms with E-state index in [0.29, 0.717) is 17.2 Å². The molecule has 0 aromatic rings. The molecular formula is C15H26N4S2. The zero-order valence-corrected chi connectivity index (χ0v) is 14.3. The minimum Gasteiger partial charge on any atom is -0.344 e. The van der Waals surface area contributed by atoms with E-state index in [9.17, 15) is 0 Å². The number of hydrogen-bond acceptors (Lipinski definition) is 3. The molecule has 0 amide bonds. The van der Waals surface area contributed by atoms with Gasteiger partial charge in [0.2, 0.25) is 0 Å². The molecule has 2 aliphatic carbocycles. The van der Waals surface area contributed by atoms with Crippen LogP contribution in [-0.4, -0.2) is 39.0 Å². The van der Waals surface area contributed by atoms with Crippen LogP contribution < -0.4 is 10.6 Å². The fourth-order valence-corrected chi connectivity index (χ4v) is 4.48. The Morgan fingerprint density at radius 3 is 1.86 bits per heavy atom. The molecule has 0 radical (unpaired) electrons. The van der Waals surface area contributed by atoms with Crippen molar-refractivity contribution in [2.75, 3.05) is 6.67 Å². The summed E-state index contributed by atoms with van der Waals surface area (Å²) in [6.07, 6.45) is 13.4. The van der Waals surface area contributed by atoms with Gasteiger partial charge in [-0.15, -0.1) is 0 Å². The zero-order chi connectivity index (χ0) is 14.7.